The average molecular weight is 203 g/mol. The summed E-state index contributed by atoms with van der Waals surface area (Å²) < 4.78 is 13.0. The van der Waals surface area contributed by atoms with Gasteiger partial charge < -0.3 is 5.32 Å². The number of hydrogen-bond acceptors (Lipinski definition) is 3. The lowest BCUT2D eigenvalue weighted by Crippen LogP contribution is -1.97. The first-order chi connectivity index (χ1) is 7.31. The maximum Gasteiger partial charge on any atom is 0.152 e. The van der Waals surface area contributed by atoms with Gasteiger partial charge in [0, 0.05) is 25.0 Å². The van der Waals surface area contributed by atoms with E-state index in [1.807, 2.05) is 0 Å². The molecule has 0 aliphatic heterocycles. The number of rotatable bonds is 2. The van der Waals surface area contributed by atoms with Gasteiger partial charge in [-0.1, -0.05) is 12.1 Å². The average Bonchev–Trinajstić information content (AvgIpc) is 2.29. The van der Waals surface area contributed by atoms with E-state index >= 15 is 0 Å². The largest absolute Gasteiger partial charge is 0.371 e. The molecule has 1 N–H and O–H groups in total. The smallest absolute Gasteiger partial charge is 0.152 e. The molecule has 0 spiro atoms. The highest BCUT2D eigenvalue weighted by molar-refractivity contribution is 5.70. The van der Waals surface area contributed by atoms with Gasteiger partial charge in [0.15, 0.2) is 5.82 Å². The maximum absolute atomic E-state index is 13.0. The van der Waals surface area contributed by atoms with Crippen LogP contribution in [0.3, 0.4) is 0 Å². The number of hydrogen-bond donors (Lipinski definition) is 1. The second kappa shape index (κ2) is 4.04. The Kier molecular flexibility index (Phi) is 2.58. The van der Waals surface area contributed by atoms with Crippen LogP contribution in [0.2, 0.25) is 0 Å². The zero-order valence-corrected chi connectivity index (χ0v) is 8.24. The summed E-state index contributed by atoms with van der Waals surface area (Å²) in [5.41, 5.74) is 1.37. The fraction of sp³-hybridized carbons (Fsp3) is 0.0909. The van der Waals surface area contributed by atoms with Crippen LogP contribution >= 0.6 is 0 Å². The molecule has 0 amide bonds. The van der Waals surface area contributed by atoms with E-state index in [4.69, 9.17) is 0 Å². The van der Waals surface area contributed by atoms with Crippen molar-refractivity contribution in [2.24, 2.45) is 0 Å². The molecule has 3 nitrogen and oxygen atoms in total. The molecule has 0 radical (unpaired) electrons. The minimum Gasteiger partial charge on any atom is -0.371 e. The third-order valence-electron chi connectivity index (χ3n) is 2.03. The first kappa shape index (κ1) is 9.58. The van der Waals surface area contributed by atoms with E-state index in [9.17, 15) is 4.39 Å². The second-order valence-electron chi connectivity index (χ2n) is 3.01. The van der Waals surface area contributed by atoms with Gasteiger partial charge in [0.2, 0.25) is 0 Å². The van der Waals surface area contributed by atoms with Crippen LogP contribution in [-0.4, -0.2) is 17.0 Å². The maximum atomic E-state index is 13.0. The van der Waals surface area contributed by atoms with Gasteiger partial charge in [-0.05, 0) is 12.1 Å². The van der Waals surface area contributed by atoms with Crippen LogP contribution in [0.1, 0.15) is 0 Å². The van der Waals surface area contributed by atoms with E-state index in [0.717, 1.165) is 0 Å². The molecule has 15 heavy (non-hydrogen) atoms. The highest BCUT2D eigenvalue weighted by Gasteiger charge is 2.06. The molecule has 0 aliphatic rings. The first-order valence-electron chi connectivity index (χ1n) is 4.56. The van der Waals surface area contributed by atoms with Crippen LogP contribution in [0.15, 0.2) is 36.7 Å². The van der Waals surface area contributed by atoms with E-state index in [1.54, 1.807) is 31.6 Å². The van der Waals surface area contributed by atoms with Crippen molar-refractivity contribution in [3.05, 3.63) is 42.5 Å². The molecule has 1 aromatic heterocycles. The Morgan fingerprint density at radius 1 is 1.20 bits per heavy atom. The summed E-state index contributed by atoms with van der Waals surface area (Å²) >= 11 is 0. The third-order valence-corrected chi connectivity index (χ3v) is 2.03. The number of nitrogens with one attached hydrogen (secondary N) is 1. The van der Waals surface area contributed by atoms with Gasteiger partial charge in [0.05, 0.1) is 0 Å². The lowest BCUT2D eigenvalue weighted by Gasteiger charge is -2.06. The quantitative estimate of drug-likeness (QED) is 0.813. The molecular formula is C11H10FN3. The van der Waals surface area contributed by atoms with E-state index in [0.29, 0.717) is 17.1 Å². The van der Waals surface area contributed by atoms with Crippen molar-refractivity contribution in [2.75, 3.05) is 12.4 Å². The molecule has 4 heteroatoms. The molecule has 0 fully saturated rings. The van der Waals surface area contributed by atoms with Crippen LogP contribution in [0.4, 0.5) is 10.2 Å². The van der Waals surface area contributed by atoms with E-state index in [-0.39, 0.29) is 5.82 Å². The van der Waals surface area contributed by atoms with Crippen LogP contribution in [0, 0.1) is 5.82 Å². The monoisotopic (exact) mass is 203 g/mol. The van der Waals surface area contributed by atoms with Crippen LogP contribution in [0.5, 0.6) is 0 Å². The minimum atomic E-state index is -0.278. The summed E-state index contributed by atoms with van der Waals surface area (Å²) in [5.74, 6) is 0.364. The number of anilines is 1. The minimum absolute atomic E-state index is 0.278. The van der Waals surface area contributed by atoms with Crippen molar-refractivity contribution in [1.82, 2.24) is 9.97 Å². The Labute approximate surface area is 87.0 Å². The number of aromatic nitrogens is 2. The Hall–Kier alpha value is -1.97. The Morgan fingerprint density at radius 3 is 2.73 bits per heavy atom. The topological polar surface area (TPSA) is 37.8 Å². The zero-order chi connectivity index (χ0) is 10.7. The van der Waals surface area contributed by atoms with Gasteiger partial charge in [-0.25, -0.2) is 9.37 Å². The van der Waals surface area contributed by atoms with Gasteiger partial charge in [0.1, 0.15) is 11.5 Å². The van der Waals surface area contributed by atoms with Gasteiger partial charge in [-0.3, -0.25) is 4.98 Å². The fourth-order valence-electron chi connectivity index (χ4n) is 1.37. The molecule has 0 atom stereocenters. The summed E-state index contributed by atoms with van der Waals surface area (Å²) in [5, 5.41) is 2.92. The lowest BCUT2D eigenvalue weighted by atomic mass is 10.1. The predicted octanol–water partition coefficient (Wildman–Crippen LogP) is 2.32. The Balaban J connectivity index is 2.53. The summed E-state index contributed by atoms with van der Waals surface area (Å²) in [6, 6.07) is 6.29. The highest BCUT2D eigenvalue weighted by Crippen LogP contribution is 2.23. The molecule has 0 bridgehead atoms. The number of halogens is 1. The predicted molar refractivity (Wildman–Crippen MR) is 57.0 cm³/mol. The van der Waals surface area contributed by atoms with Gasteiger partial charge >= 0.3 is 0 Å². The summed E-state index contributed by atoms with van der Waals surface area (Å²) in [7, 11) is 1.76. The molecule has 0 saturated heterocycles. The first-order valence-corrected chi connectivity index (χ1v) is 4.56. The number of benzene rings is 1. The summed E-state index contributed by atoms with van der Waals surface area (Å²) in [6.45, 7) is 0. The molecular weight excluding hydrogens is 193 g/mol. The van der Waals surface area contributed by atoms with Crippen molar-refractivity contribution in [3.63, 3.8) is 0 Å². The standard InChI is InChI=1S/C11H10FN3/c1-13-11-10(14-5-6-15-11)8-3-2-4-9(12)7-8/h2-7H,1H3,(H,13,15). The zero-order valence-electron chi connectivity index (χ0n) is 8.24. The van der Waals surface area contributed by atoms with Crippen LogP contribution in [0.25, 0.3) is 11.3 Å². The molecule has 0 unspecified atom stereocenters. The van der Waals surface area contributed by atoms with Crippen molar-refractivity contribution in [1.29, 1.82) is 0 Å². The molecule has 0 saturated carbocycles. The highest BCUT2D eigenvalue weighted by atomic mass is 19.1. The van der Waals surface area contributed by atoms with Gasteiger partial charge in [-0.15, -0.1) is 0 Å². The molecule has 1 heterocycles. The van der Waals surface area contributed by atoms with Gasteiger partial charge in [-0.2, -0.15) is 0 Å². The fourth-order valence-corrected chi connectivity index (χ4v) is 1.37. The molecule has 2 aromatic rings. The number of nitrogens with zero attached hydrogens (tertiary/aromatic N) is 2. The SMILES string of the molecule is CNc1nccnc1-c1cccc(F)c1. The van der Waals surface area contributed by atoms with Crippen LogP contribution < -0.4 is 5.32 Å². The third kappa shape index (κ3) is 1.93. The van der Waals surface area contributed by atoms with Crippen molar-refractivity contribution < 1.29 is 4.39 Å². The molecule has 0 aliphatic carbocycles. The van der Waals surface area contributed by atoms with Crippen molar-refractivity contribution >= 4 is 5.82 Å². The van der Waals surface area contributed by atoms with Crippen LogP contribution in [-0.2, 0) is 0 Å². The van der Waals surface area contributed by atoms with E-state index in [1.165, 1.54) is 12.1 Å². The second-order valence-corrected chi connectivity index (χ2v) is 3.01. The summed E-state index contributed by atoms with van der Waals surface area (Å²) in [6.07, 6.45) is 3.18. The van der Waals surface area contributed by atoms with E-state index < -0.39 is 0 Å². The Bertz CT molecular complexity index is 471. The molecule has 76 valence electrons. The Morgan fingerprint density at radius 2 is 2.00 bits per heavy atom. The van der Waals surface area contributed by atoms with Crippen molar-refractivity contribution in [2.45, 2.75) is 0 Å². The molecule has 1 aromatic carbocycles. The van der Waals surface area contributed by atoms with Gasteiger partial charge in [0.25, 0.3) is 0 Å². The molecule has 2 rings (SSSR count). The van der Waals surface area contributed by atoms with E-state index in [2.05, 4.69) is 15.3 Å². The normalized spacial score (nSPS) is 10.0. The summed E-state index contributed by atoms with van der Waals surface area (Å²) in [4.78, 5) is 8.28. The lowest BCUT2D eigenvalue weighted by molar-refractivity contribution is 0.628. The van der Waals surface area contributed by atoms with Crippen molar-refractivity contribution in [3.8, 4) is 11.3 Å².